The Morgan fingerprint density at radius 2 is 1.44 bits per heavy atom. The van der Waals surface area contributed by atoms with Gasteiger partial charge in [0.25, 0.3) is 11.8 Å². The summed E-state index contributed by atoms with van der Waals surface area (Å²) < 4.78 is 39.7. The summed E-state index contributed by atoms with van der Waals surface area (Å²) >= 11 is 0. The molecule has 0 atom stereocenters. The highest BCUT2D eigenvalue weighted by Gasteiger charge is 2.42. The average Bonchev–Trinajstić information content (AvgIpc) is 3.04. The van der Waals surface area contributed by atoms with Crippen molar-refractivity contribution in [3.05, 3.63) is 107 Å². The minimum atomic E-state index is -4.59. The van der Waals surface area contributed by atoms with Crippen LogP contribution in [0.5, 0.6) is 0 Å². The highest BCUT2D eigenvalue weighted by atomic mass is 19.4. The summed E-state index contributed by atoms with van der Waals surface area (Å²) in [7, 11) is 1.69. The Morgan fingerprint density at radius 3 is 2.06 bits per heavy atom. The second-order valence-electron chi connectivity index (χ2n) is 7.43. The molecular weight excluding hydrogens is 417 g/mol. The molecule has 0 saturated heterocycles. The van der Waals surface area contributed by atoms with Crippen LogP contribution in [0.2, 0.25) is 0 Å². The zero-order chi connectivity index (χ0) is 22.9. The minimum Gasteiger partial charge on any atom is -0.365 e. The van der Waals surface area contributed by atoms with Crippen molar-refractivity contribution in [3.63, 3.8) is 0 Å². The summed E-state index contributed by atoms with van der Waals surface area (Å²) in [5.41, 5.74) is 0.700. The maximum Gasteiger partial charge on any atom is 0.416 e. The summed E-state index contributed by atoms with van der Waals surface area (Å²) in [6.07, 6.45) is -4.59. The second-order valence-corrected chi connectivity index (χ2v) is 7.43. The van der Waals surface area contributed by atoms with Gasteiger partial charge < -0.3 is 4.90 Å². The molecule has 1 aliphatic heterocycles. The molecule has 0 fully saturated rings. The number of hydrogen-bond donors (Lipinski definition) is 0. The Bertz CT molecular complexity index is 1190. The first-order valence-electron chi connectivity index (χ1n) is 9.88. The smallest absolute Gasteiger partial charge is 0.365 e. The van der Waals surface area contributed by atoms with Crippen LogP contribution in [0.3, 0.4) is 0 Å². The number of benzene rings is 3. The summed E-state index contributed by atoms with van der Waals surface area (Å²) in [5.74, 6) is -1.32. The molecule has 1 aliphatic rings. The lowest BCUT2D eigenvalue weighted by Gasteiger charge is -2.22. The number of halogens is 3. The van der Waals surface area contributed by atoms with Crippen molar-refractivity contribution in [2.24, 2.45) is 0 Å². The van der Waals surface area contributed by atoms with Crippen LogP contribution in [0, 0.1) is 0 Å². The quantitative estimate of drug-likeness (QED) is 0.521. The average molecular weight is 436 g/mol. The predicted octanol–water partition coefficient (Wildman–Crippen LogP) is 5.12. The van der Waals surface area contributed by atoms with Crippen molar-refractivity contribution in [1.82, 2.24) is 4.90 Å². The lowest BCUT2D eigenvalue weighted by atomic mass is 10.0. The van der Waals surface area contributed by atoms with Gasteiger partial charge in [0.15, 0.2) is 0 Å². The zero-order valence-electron chi connectivity index (χ0n) is 17.1. The van der Waals surface area contributed by atoms with Crippen molar-refractivity contribution in [2.75, 3.05) is 11.9 Å². The number of amides is 2. The van der Waals surface area contributed by atoms with Crippen molar-refractivity contribution >= 4 is 23.1 Å². The topological polar surface area (TPSA) is 40.6 Å². The summed E-state index contributed by atoms with van der Waals surface area (Å²) in [6, 6.07) is 22.3. The third-order valence-electron chi connectivity index (χ3n) is 5.20. The van der Waals surface area contributed by atoms with Crippen molar-refractivity contribution in [2.45, 2.75) is 12.7 Å². The van der Waals surface area contributed by atoms with Gasteiger partial charge in [-0.3, -0.25) is 9.59 Å². The number of carbonyl (C=O) groups excluding carboxylic acids is 2. The molecule has 3 aromatic carbocycles. The molecule has 0 spiro atoms. The van der Waals surface area contributed by atoms with Crippen LogP contribution in [0.15, 0.2) is 90.6 Å². The Labute approximate surface area is 183 Å². The Kier molecular flexibility index (Phi) is 5.57. The molecule has 2 amide bonds. The van der Waals surface area contributed by atoms with Gasteiger partial charge in [0.05, 0.1) is 16.8 Å². The molecule has 162 valence electrons. The third kappa shape index (κ3) is 4.01. The second kappa shape index (κ2) is 8.34. The first kappa shape index (κ1) is 21.4. The maximum absolute atomic E-state index is 13.4. The van der Waals surface area contributed by atoms with Gasteiger partial charge in [0.2, 0.25) is 0 Å². The van der Waals surface area contributed by atoms with E-state index < -0.39 is 23.6 Å². The Balaban J connectivity index is 1.79. The predicted molar refractivity (Wildman–Crippen MR) is 115 cm³/mol. The number of likely N-dealkylation sites (N-methyl/N-ethyl adjacent to an activating group) is 1. The van der Waals surface area contributed by atoms with Gasteiger partial charge in [0, 0.05) is 13.6 Å². The van der Waals surface area contributed by atoms with Gasteiger partial charge >= 0.3 is 6.18 Å². The van der Waals surface area contributed by atoms with E-state index in [4.69, 9.17) is 0 Å². The minimum absolute atomic E-state index is 0.119. The number of carbonyl (C=O) groups is 2. The van der Waals surface area contributed by atoms with Crippen LogP contribution >= 0.6 is 0 Å². The highest BCUT2D eigenvalue weighted by Crippen LogP contribution is 2.37. The number of nitrogens with zero attached hydrogens (tertiary/aromatic N) is 2. The molecule has 0 aromatic heterocycles. The number of imide groups is 1. The number of rotatable bonds is 5. The first-order chi connectivity index (χ1) is 15.3. The van der Waals surface area contributed by atoms with Crippen molar-refractivity contribution < 1.29 is 22.8 Å². The normalized spacial score (nSPS) is 14.3. The van der Waals surface area contributed by atoms with Gasteiger partial charge in [0.1, 0.15) is 5.70 Å². The van der Waals surface area contributed by atoms with E-state index in [1.807, 2.05) is 30.3 Å². The van der Waals surface area contributed by atoms with Crippen LogP contribution in [-0.2, 0) is 22.3 Å². The van der Waals surface area contributed by atoms with E-state index in [1.54, 1.807) is 42.3 Å². The van der Waals surface area contributed by atoms with Crippen LogP contribution in [0.25, 0.3) is 5.57 Å². The standard InChI is InChI=1S/C25H19F3N2O2/c1-29(16-17-9-4-2-5-10-17)22-21(18-11-6-3-7-12-18)23(31)30(24(22)32)20-14-8-13-19(15-20)25(26,27)28/h2-15H,16H2,1H3. The van der Waals surface area contributed by atoms with Crippen LogP contribution in [-0.4, -0.2) is 23.8 Å². The molecule has 4 nitrogen and oxygen atoms in total. The molecule has 0 aliphatic carbocycles. The molecule has 0 radical (unpaired) electrons. The van der Waals surface area contributed by atoms with Crippen LogP contribution in [0.4, 0.5) is 18.9 Å². The molecular formula is C25H19F3N2O2. The zero-order valence-corrected chi connectivity index (χ0v) is 17.1. The van der Waals surface area contributed by atoms with Crippen LogP contribution in [0.1, 0.15) is 16.7 Å². The Morgan fingerprint density at radius 1 is 0.812 bits per heavy atom. The van der Waals surface area contributed by atoms with E-state index in [0.29, 0.717) is 12.1 Å². The fourth-order valence-corrected chi connectivity index (χ4v) is 3.73. The molecule has 4 rings (SSSR count). The van der Waals surface area contributed by atoms with Gasteiger partial charge in [-0.15, -0.1) is 0 Å². The highest BCUT2D eigenvalue weighted by molar-refractivity contribution is 6.45. The van der Waals surface area contributed by atoms with Crippen LogP contribution < -0.4 is 4.90 Å². The first-order valence-corrected chi connectivity index (χ1v) is 9.88. The van der Waals surface area contributed by atoms with E-state index in [9.17, 15) is 22.8 Å². The molecule has 0 N–H and O–H groups in total. The monoisotopic (exact) mass is 436 g/mol. The summed E-state index contributed by atoms with van der Waals surface area (Å²) in [5, 5.41) is 0. The molecule has 0 bridgehead atoms. The number of hydrogen-bond acceptors (Lipinski definition) is 3. The summed E-state index contributed by atoms with van der Waals surface area (Å²) in [6.45, 7) is 0.349. The lowest BCUT2D eigenvalue weighted by Crippen LogP contribution is -2.34. The molecule has 0 saturated carbocycles. The molecule has 0 unspecified atom stereocenters. The van der Waals surface area contributed by atoms with E-state index in [0.717, 1.165) is 22.6 Å². The fraction of sp³-hybridized carbons (Fsp3) is 0.120. The molecule has 32 heavy (non-hydrogen) atoms. The fourth-order valence-electron chi connectivity index (χ4n) is 3.73. The van der Waals surface area contributed by atoms with E-state index in [-0.39, 0.29) is 17.0 Å². The van der Waals surface area contributed by atoms with Crippen molar-refractivity contribution in [1.29, 1.82) is 0 Å². The number of alkyl halides is 3. The third-order valence-corrected chi connectivity index (χ3v) is 5.20. The summed E-state index contributed by atoms with van der Waals surface area (Å²) in [4.78, 5) is 29.3. The van der Waals surface area contributed by atoms with E-state index >= 15 is 0 Å². The van der Waals surface area contributed by atoms with E-state index in [2.05, 4.69) is 0 Å². The molecule has 1 heterocycles. The van der Waals surface area contributed by atoms with Gasteiger partial charge in [-0.2, -0.15) is 13.2 Å². The van der Waals surface area contributed by atoms with Gasteiger partial charge in [-0.25, -0.2) is 4.90 Å². The van der Waals surface area contributed by atoms with Gasteiger partial charge in [-0.05, 0) is 29.3 Å². The lowest BCUT2D eigenvalue weighted by molar-refractivity contribution is -0.137. The van der Waals surface area contributed by atoms with E-state index in [1.165, 1.54) is 12.1 Å². The largest absolute Gasteiger partial charge is 0.416 e. The Hall–Kier alpha value is -3.87. The molecule has 7 heteroatoms. The molecule has 3 aromatic rings. The van der Waals surface area contributed by atoms with Gasteiger partial charge in [-0.1, -0.05) is 66.7 Å². The maximum atomic E-state index is 13.4. The number of anilines is 1. The van der Waals surface area contributed by atoms with Crippen molar-refractivity contribution in [3.8, 4) is 0 Å². The SMILES string of the molecule is CN(Cc1ccccc1)C1=C(c2ccccc2)C(=O)N(c2cccc(C(F)(F)F)c2)C1=O.